The van der Waals surface area contributed by atoms with E-state index in [1.807, 2.05) is 30.3 Å². The summed E-state index contributed by atoms with van der Waals surface area (Å²) in [5, 5.41) is 15.0. The van der Waals surface area contributed by atoms with E-state index in [2.05, 4.69) is 93.6 Å². The van der Waals surface area contributed by atoms with Crippen molar-refractivity contribution < 1.29 is 31.2 Å². The molecule has 0 amide bonds. The first-order chi connectivity index (χ1) is 21.8. The van der Waals surface area contributed by atoms with Crippen molar-refractivity contribution in [3.05, 3.63) is 148 Å². The molecule has 0 bridgehead atoms. The monoisotopic (exact) mass is 692 g/mol. The van der Waals surface area contributed by atoms with E-state index in [0.717, 1.165) is 24.6 Å². The van der Waals surface area contributed by atoms with Crippen LogP contribution in [0, 0.1) is 20.8 Å². The van der Waals surface area contributed by atoms with Crippen molar-refractivity contribution in [3.63, 3.8) is 0 Å². The molecular weight excluding hydrogens is 655 g/mol. The van der Waals surface area contributed by atoms with Gasteiger partial charge in [-0.2, -0.15) is 0 Å². The van der Waals surface area contributed by atoms with Gasteiger partial charge >= 0.3 is 0 Å². The molecule has 0 saturated heterocycles. The Labute approximate surface area is 281 Å². The van der Waals surface area contributed by atoms with E-state index in [1.54, 1.807) is 6.07 Å². The molecule has 1 aromatic heterocycles. The van der Waals surface area contributed by atoms with Crippen molar-refractivity contribution in [2.24, 2.45) is 0 Å². The number of phenols is 1. The lowest BCUT2D eigenvalue weighted by Crippen LogP contribution is -3.00. The van der Waals surface area contributed by atoms with Crippen LogP contribution in [0.25, 0.3) is 22.3 Å². The number of halogens is 1. The minimum absolute atomic E-state index is 0. The first-order valence-corrected chi connectivity index (χ1v) is 17.4. The number of rotatable bonds is 10. The molecule has 5 aromatic carbocycles. The largest absolute Gasteiger partial charge is 1.00 e. The fourth-order valence-corrected chi connectivity index (χ4v) is 10.3. The summed E-state index contributed by atoms with van der Waals surface area (Å²) in [6.07, 6.45) is 2.79. The summed E-state index contributed by atoms with van der Waals surface area (Å²) in [5.41, 5.74) is 4.57. The molecule has 6 heteroatoms. The summed E-state index contributed by atoms with van der Waals surface area (Å²) >= 11 is 0. The van der Waals surface area contributed by atoms with Gasteiger partial charge in [0.15, 0.2) is 5.43 Å². The van der Waals surface area contributed by atoms with E-state index in [1.165, 1.54) is 44.7 Å². The quantitative estimate of drug-likeness (QED) is 0.158. The van der Waals surface area contributed by atoms with Gasteiger partial charge in [0.25, 0.3) is 0 Å². The summed E-state index contributed by atoms with van der Waals surface area (Å²) in [6.45, 7) is 6.88. The third kappa shape index (κ3) is 6.97. The molecule has 234 valence electrons. The smallest absolute Gasteiger partial charge is 0.197 e. The molecule has 0 spiro atoms. The maximum atomic E-state index is 12.8. The highest BCUT2D eigenvalue weighted by Crippen LogP contribution is 2.56. The molecule has 0 atom stereocenters. The van der Waals surface area contributed by atoms with Gasteiger partial charge in [-0.05, 0) is 70.0 Å². The Morgan fingerprint density at radius 1 is 0.674 bits per heavy atom. The third-order valence-corrected chi connectivity index (χ3v) is 12.9. The summed E-state index contributed by atoms with van der Waals surface area (Å²) in [4.78, 5) is 12.8. The molecule has 6 aromatic rings. The Morgan fingerprint density at radius 2 is 1.20 bits per heavy atom. The number of aromatic hydroxyl groups is 1. The molecule has 1 N–H and O–H groups in total. The molecule has 0 saturated carbocycles. The molecule has 0 radical (unpaired) electrons. The van der Waals surface area contributed by atoms with E-state index in [0.29, 0.717) is 23.7 Å². The Morgan fingerprint density at radius 3 is 1.72 bits per heavy atom. The highest BCUT2D eigenvalue weighted by molar-refractivity contribution is 7.95. The van der Waals surface area contributed by atoms with Crippen LogP contribution in [0.4, 0.5) is 0 Å². The van der Waals surface area contributed by atoms with Gasteiger partial charge in [-0.1, -0.05) is 83.4 Å². The Hall–Kier alpha value is -4.18. The number of ether oxygens (including phenoxy) is 1. The van der Waals surface area contributed by atoms with Gasteiger partial charge < -0.3 is 31.2 Å². The van der Waals surface area contributed by atoms with Crippen LogP contribution in [0.1, 0.15) is 29.5 Å². The number of hydrogen-bond donors (Lipinski definition) is 1. The summed E-state index contributed by atoms with van der Waals surface area (Å²) < 4.78 is 12.2. The average molecular weight is 694 g/mol. The van der Waals surface area contributed by atoms with Crippen LogP contribution in [0.2, 0.25) is 0 Å². The molecular formula is C40H38BrO4P. The fraction of sp³-hybridized carbons (Fsp3) is 0.175. The lowest BCUT2D eigenvalue weighted by atomic mass is 10.1. The zero-order chi connectivity index (χ0) is 31.4. The normalized spacial score (nSPS) is 11.3. The molecule has 0 aliphatic carbocycles. The highest BCUT2D eigenvalue weighted by Gasteiger charge is 2.44. The van der Waals surface area contributed by atoms with Crippen molar-refractivity contribution in [3.8, 4) is 22.8 Å². The predicted octanol–water partition coefficient (Wildman–Crippen LogP) is 5.25. The van der Waals surface area contributed by atoms with Crippen molar-refractivity contribution in [1.29, 1.82) is 0 Å². The predicted molar refractivity (Wildman–Crippen MR) is 189 cm³/mol. The first kappa shape index (κ1) is 33.2. The summed E-state index contributed by atoms with van der Waals surface area (Å²) in [5.74, 6) is 0.789. The van der Waals surface area contributed by atoms with E-state index in [-0.39, 0.29) is 33.5 Å². The van der Waals surface area contributed by atoms with Crippen LogP contribution in [-0.4, -0.2) is 17.9 Å². The molecule has 0 aliphatic rings. The summed E-state index contributed by atoms with van der Waals surface area (Å²) in [6, 6.07) is 41.3. The first-order valence-electron chi connectivity index (χ1n) is 15.4. The molecule has 6 rings (SSSR count). The van der Waals surface area contributed by atoms with E-state index >= 15 is 0 Å². The number of aryl methyl sites for hydroxylation is 3. The number of hydrogen-bond acceptors (Lipinski definition) is 4. The van der Waals surface area contributed by atoms with Crippen LogP contribution >= 0.6 is 7.26 Å². The Bertz CT molecular complexity index is 1860. The topological polar surface area (TPSA) is 59.7 Å². The highest BCUT2D eigenvalue weighted by atomic mass is 79.9. The second-order valence-corrected chi connectivity index (χ2v) is 15.4. The molecule has 46 heavy (non-hydrogen) atoms. The van der Waals surface area contributed by atoms with Crippen molar-refractivity contribution in [2.45, 2.75) is 33.6 Å². The average Bonchev–Trinajstić information content (AvgIpc) is 3.04. The van der Waals surface area contributed by atoms with Crippen LogP contribution in [0.3, 0.4) is 0 Å². The lowest BCUT2D eigenvalue weighted by molar-refractivity contribution is -0.0000111. The minimum Gasteiger partial charge on any atom is -1.00 e. The zero-order valence-electron chi connectivity index (χ0n) is 26.4. The Balaban J connectivity index is 0.00000417. The van der Waals surface area contributed by atoms with Crippen molar-refractivity contribution in [2.75, 3.05) is 12.8 Å². The van der Waals surface area contributed by atoms with Crippen LogP contribution in [0.15, 0.2) is 131 Å². The van der Waals surface area contributed by atoms with Gasteiger partial charge in [0, 0.05) is 23.8 Å². The van der Waals surface area contributed by atoms with Gasteiger partial charge in [-0.15, -0.1) is 0 Å². The minimum atomic E-state index is -1.95. The lowest BCUT2D eigenvalue weighted by Gasteiger charge is -2.28. The van der Waals surface area contributed by atoms with Crippen LogP contribution in [0.5, 0.6) is 11.5 Å². The maximum Gasteiger partial charge on any atom is 0.197 e. The number of benzene rings is 5. The number of unbranched alkanes of at least 4 members (excludes halogenated alkanes) is 1. The van der Waals surface area contributed by atoms with Gasteiger partial charge in [0.2, 0.25) is 0 Å². The molecule has 4 nitrogen and oxygen atoms in total. The molecule has 0 fully saturated rings. The van der Waals surface area contributed by atoms with Gasteiger partial charge in [-0.3, -0.25) is 4.79 Å². The molecule has 0 aliphatic heterocycles. The van der Waals surface area contributed by atoms with E-state index in [4.69, 9.17) is 9.15 Å². The van der Waals surface area contributed by atoms with Crippen molar-refractivity contribution in [1.82, 2.24) is 0 Å². The third-order valence-electron chi connectivity index (χ3n) is 8.42. The molecule has 0 unspecified atom stereocenters. The molecule has 1 heterocycles. The van der Waals surface area contributed by atoms with E-state index < -0.39 is 7.26 Å². The number of fused-ring (bicyclic) bond motifs is 1. The van der Waals surface area contributed by atoms with Gasteiger partial charge in [0.05, 0.1) is 12.8 Å². The van der Waals surface area contributed by atoms with Crippen LogP contribution < -0.4 is 43.1 Å². The maximum absolute atomic E-state index is 12.8. The standard InChI is InChI=1S/C40H37O4P.BrH/c1-28-11-17-33(18-12-28)45(34-19-13-29(2)14-20-34,35-21-15-30(3)16-22-35)24-8-7-23-43-32-25-36(41)40-37(42)27-38(44-39(40)26-32)31-9-5-4-6-10-31;/h4-6,9-22,25-27H,7-8,23-24H2,1-3H3;1H. The van der Waals surface area contributed by atoms with Gasteiger partial charge in [0.1, 0.15) is 51.4 Å². The van der Waals surface area contributed by atoms with Gasteiger partial charge in [-0.25, -0.2) is 0 Å². The van der Waals surface area contributed by atoms with Crippen molar-refractivity contribution >= 4 is 34.1 Å². The zero-order valence-corrected chi connectivity index (χ0v) is 28.9. The second kappa shape index (κ2) is 14.5. The number of phenolic OH excluding ortho intramolecular Hbond substituents is 1. The summed E-state index contributed by atoms with van der Waals surface area (Å²) in [7, 11) is -1.95. The Kier molecular flexibility index (Phi) is 10.5. The van der Waals surface area contributed by atoms with Crippen LogP contribution in [-0.2, 0) is 0 Å². The SMILES string of the molecule is Cc1ccc([P+](CCCCOc2cc(O)c3c(=O)cc(-c4ccccc4)oc3c2)(c2ccc(C)cc2)c2ccc(C)cc2)cc1.[Br-]. The van der Waals surface area contributed by atoms with E-state index in [9.17, 15) is 9.90 Å². The second-order valence-electron chi connectivity index (χ2n) is 11.8. The fourth-order valence-electron chi connectivity index (χ4n) is 5.94.